The van der Waals surface area contributed by atoms with Crippen LogP contribution in [0, 0.1) is 20.8 Å². The van der Waals surface area contributed by atoms with Gasteiger partial charge in [0.25, 0.3) is 0 Å². The van der Waals surface area contributed by atoms with Gasteiger partial charge in [-0.1, -0.05) is 23.7 Å². The maximum atomic E-state index is 13.2. The zero-order chi connectivity index (χ0) is 33.0. The van der Waals surface area contributed by atoms with Gasteiger partial charge in [-0.05, 0) is 88.0 Å². The van der Waals surface area contributed by atoms with E-state index in [2.05, 4.69) is 34.7 Å². The highest BCUT2D eigenvalue weighted by molar-refractivity contribution is 7.15. The number of carbonyl (C=O) groups excluding carboxylic acids is 2. The Kier molecular flexibility index (Phi) is 11.9. The van der Waals surface area contributed by atoms with E-state index in [9.17, 15) is 19.5 Å². The van der Waals surface area contributed by atoms with E-state index >= 15 is 0 Å². The van der Waals surface area contributed by atoms with Gasteiger partial charge in [0.1, 0.15) is 16.9 Å². The SMILES string of the molecule is Cc1sc2c(c1C)C(c1ccc(Cl)cc1)=N[C@@H](CC(=O)NCCCC(=O)Nc1ccc(C(=O)O)c(CCCN)c1)c1nnc(C)n1-2.Cl. The Balaban J connectivity index is 0.00000500. The Morgan fingerprint density at radius 3 is 2.49 bits per heavy atom. The molecule has 5 rings (SSSR count). The van der Waals surface area contributed by atoms with Crippen molar-refractivity contribution in [3.63, 3.8) is 0 Å². The van der Waals surface area contributed by atoms with E-state index < -0.39 is 12.0 Å². The number of nitrogens with zero attached hydrogens (tertiary/aromatic N) is 4. The molecular formula is C33H37Cl2N7O4S. The number of fused-ring (bicyclic) bond motifs is 3. The summed E-state index contributed by atoms with van der Waals surface area (Å²) in [5, 5.41) is 25.6. The predicted molar refractivity (Wildman–Crippen MR) is 187 cm³/mol. The number of hydrogen-bond donors (Lipinski definition) is 4. The number of aromatic carboxylic acids is 1. The molecule has 2 aromatic heterocycles. The number of thiophene rings is 1. The number of aryl methyl sites for hydroxylation is 3. The van der Waals surface area contributed by atoms with E-state index in [0.29, 0.717) is 60.3 Å². The number of hydrogen-bond acceptors (Lipinski definition) is 8. The van der Waals surface area contributed by atoms with Crippen molar-refractivity contribution in [1.82, 2.24) is 20.1 Å². The van der Waals surface area contributed by atoms with Crippen LogP contribution in [0.3, 0.4) is 0 Å². The average Bonchev–Trinajstić information content (AvgIpc) is 3.50. The van der Waals surface area contributed by atoms with Gasteiger partial charge in [-0.2, -0.15) is 0 Å². The van der Waals surface area contributed by atoms with Crippen molar-refractivity contribution in [2.24, 2.45) is 10.7 Å². The number of amides is 2. The summed E-state index contributed by atoms with van der Waals surface area (Å²) < 4.78 is 2.00. The largest absolute Gasteiger partial charge is 0.478 e. The van der Waals surface area contributed by atoms with Crippen LogP contribution in [0.25, 0.3) is 5.00 Å². The van der Waals surface area contributed by atoms with Crippen LogP contribution in [0.1, 0.15) is 80.9 Å². The summed E-state index contributed by atoms with van der Waals surface area (Å²) in [5.41, 5.74) is 10.7. The fraction of sp³-hybridized carbons (Fsp3) is 0.333. The summed E-state index contributed by atoms with van der Waals surface area (Å²) in [6.07, 6.45) is 1.78. The standard InChI is InChI=1S/C33H36ClN7O4S.ClH/c1-18-19(2)46-32-29(18)30(21-8-10-23(34)11-9-21)38-26(31-40-39-20(3)41(31)32)17-28(43)36-15-5-7-27(42)37-24-12-13-25(33(44)45)22(16-24)6-4-14-35;/h8-13,16,26H,4-7,14-15,17,35H2,1-3H3,(H,36,43)(H,37,42)(H,44,45);1H/t26-;/m0./s1. The molecule has 1 aliphatic rings. The smallest absolute Gasteiger partial charge is 0.335 e. The summed E-state index contributed by atoms with van der Waals surface area (Å²) >= 11 is 7.84. The summed E-state index contributed by atoms with van der Waals surface area (Å²) in [4.78, 5) is 43.6. The lowest BCUT2D eigenvalue weighted by molar-refractivity contribution is -0.122. The van der Waals surface area contributed by atoms with Crippen molar-refractivity contribution >= 4 is 64.5 Å². The lowest BCUT2D eigenvalue weighted by atomic mass is 9.99. The van der Waals surface area contributed by atoms with Crippen LogP contribution in [0.4, 0.5) is 5.69 Å². The van der Waals surface area contributed by atoms with Gasteiger partial charge in [0.05, 0.1) is 17.7 Å². The first-order chi connectivity index (χ1) is 22.1. The summed E-state index contributed by atoms with van der Waals surface area (Å²) in [6, 6.07) is 11.7. The average molecular weight is 699 g/mol. The Bertz CT molecular complexity index is 1820. The van der Waals surface area contributed by atoms with Gasteiger partial charge < -0.3 is 21.5 Å². The highest BCUT2D eigenvalue weighted by atomic mass is 35.5. The van der Waals surface area contributed by atoms with Crippen molar-refractivity contribution in [2.75, 3.05) is 18.4 Å². The van der Waals surface area contributed by atoms with Gasteiger partial charge in [-0.25, -0.2) is 4.79 Å². The van der Waals surface area contributed by atoms with Crippen molar-refractivity contribution in [3.05, 3.63) is 91.8 Å². The molecule has 0 saturated heterocycles. The Hall–Kier alpha value is -4.10. The molecular weight excluding hydrogens is 661 g/mol. The minimum Gasteiger partial charge on any atom is -0.478 e. The van der Waals surface area contributed by atoms with Gasteiger partial charge in [0, 0.05) is 39.7 Å². The number of anilines is 1. The lowest BCUT2D eigenvalue weighted by Gasteiger charge is -2.13. The minimum absolute atomic E-state index is 0. The normalized spacial score (nSPS) is 13.5. The van der Waals surface area contributed by atoms with Gasteiger partial charge in [0.2, 0.25) is 11.8 Å². The van der Waals surface area contributed by atoms with Gasteiger partial charge in [0.15, 0.2) is 5.82 Å². The highest BCUT2D eigenvalue weighted by Crippen LogP contribution is 2.39. The van der Waals surface area contributed by atoms with Crippen LogP contribution in [0.5, 0.6) is 0 Å². The molecule has 0 bridgehead atoms. The second kappa shape index (κ2) is 15.7. The van der Waals surface area contributed by atoms with Crippen molar-refractivity contribution in [2.45, 2.75) is 58.9 Å². The zero-order valence-electron chi connectivity index (χ0n) is 26.3. The Morgan fingerprint density at radius 2 is 1.79 bits per heavy atom. The molecule has 0 fully saturated rings. The molecule has 1 atom stereocenters. The minimum atomic E-state index is -1.02. The molecule has 0 saturated carbocycles. The maximum Gasteiger partial charge on any atom is 0.335 e. The molecule has 0 unspecified atom stereocenters. The fourth-order valence-corrected chi connectivity index (χ4v) is 6.80. The van der Waals surface area contributed by atoms with E-state index in [1.165, 1.54) is 6.07 Å². The molecule has 2 amide bonds. The first-order valence-electron chi connectivity index (χ1n) is 15.1. The highest BCUT2D eigenvalue weighted by Gasteiger charge is 2.32. The number of carboxylic acid groups (broad SMARTS) is 1. The van der Waals surface area contributed by atoms with E-state index in [4.69, 9.17) is 22.3 Å². The topological polar surface area (TPSA) is 165 Å². The number of carboxylic acids is 1. The predicted octanol–water partition coefficient (Wildman–Crippen LogP) is 5.74. The summed E-state index contributed by atoms with van der Waals surface area (Å²) in [7, 11) is 0. The molecule has 47 heavy (non-hydrogen) atoms. The number of aliphatic imine (C=N–C) groups is 1. The lowest BCUT2D eigenvalue weighted by Crippen LogP contribution is -2.27. The monoisotopic (exact) mass is 697 g/mol. The van der Waals surface area contributed by atoms with Gasteiger partial charge >= 0.3 is 5.97 Å². The van der Waals surface area contributed by atoms with E-state index in [1.807, 2.05) is 35.8 Å². The number of nitrogens with one attached hydrogen (secondary N) is 2. The van der Waals surface area contributed by atoms with E-state index in [1.54, 1.807) is 23.5 Å². The molecule has 0 aliphatic carbocycles. The molecule has 0 spiro atoms. The van der Waals surface area contributed by atoms with Crippen LogP contribution >= 0.6 is 35.3 Å². The van der Waals surface area contributed by atoms with Gasteiger partial charge in [-0.15, -0.1) is 33.9 Å². The number of halogens is 2. The number of carbonyl (C=O) groups is 3. The van der Waals surface area contributed by atoms with Crippen LogP contribution in [-0.2, 0) is 16.0 Å². The fourth-order valence-electron chi connectivity index (χ4n) is 5.46. The van der Waals surface area contributed by atoms with Crippen molar-refractivity contribution < 1.29 is 19.5 Å². The molecule has 4 aromatic rings. The second-order valence-electron chi connectivity index (χ2n) is 11.2. The maximum absolute atomic E-state index is 13.2. The number of benzene rings is 2. The molecule has 248 valence electrons. The Morgan fingerprint density at radius 1 is 1.04 bits per heavy atom. The second-order valence-corrected chi connectivity index (χ2v) is 12.8. The third kappa shape index (κ3) is 8.07. The number of aromatic nitrogens is 3. The number of rotatable bonds is 12. The molecule has 1 aliphatic heterocycles. The Labute approximate surface area is 288 Å². The molecule has 0 radical (unpaired) electrons. The van der Waals surface area contributed by atoms with Crippen molar-refractivity contribution in [3.8, 4) is 5.00 Å². The van der Waals surface area contributed by atoms with Crippen molar-refractivity contribution in [1.29, 1.82) is 0 Å². The summed E-state index contributed by atoms with van der Waals surface area (Å²) in [5.74, 6) is -0.163. The first-order valence-corrected chi connectivity index (χ1v) is 16.3. The molecule has 14 heteroatoms. The molecule has 5 N–H and O–H groups in total. The third-order valence-corrected chi connectivity index (χ3v) is 9.35. The first kappa shape index (κ1) is 35.7. The van der Waals surface area contributed by atoms with E-state index in [-0.39, 0.29) is 42.6 Å². The number of nitrogens with two attached hydrogens (primary N) is 1. The van der Waals surface area contributed by atoms with Crippen LogP contribution in [0.2, 0.25) is 5.02 Å². The summed E-state index contributed by atoms with van der Waals surface area (Å²) in [6.45, 7) is 6.77. The molecule has 11 nitrogen and oxygen atoms in total. The molecule has 2 aromatic carbocycles. The van der Waals surface area contributed by atoms with Crippen LogP contribution in [0.15, 0.2) is 47.5 Å². The van der Waals surface area contributed by atoms with Crippen LogP contribution in [-0.4, -0.2) is 56.5 Å². The third-order valence-electron chi connectivity index (χ3n) is 7.91. The zero-order valence-corrected chi connectivity index (χ0v) is 28.7. The molecule has 3 heterocycles. The van der Waals surface area contributed by atoms with Crippen LogP contribution < -0.4 is 16.4 Å². The van der Waals surface area contributed by atoms with Gasteiger partial charge in [-0.3, -0.25) is 19.1 Å². The quantitative estimate of drug-likeness (QED) is 0.137. The van der Waals surface area contributed by atoms with E-state index in [0.717, 1.165) is 32.3 Å².